The zero-order valence-electron chi connectivity index (χ0n) is 10.7. The van der Waals surface area contributed by atoms with Gasteiger partial charge in [0, 0.05) is 6.42 Å². The molecule has 0 radical (unpaired) electrons. The number of Topliss-reactive ketones (excluding diaryl/α,β-unsaturated/α-hetero) is 1. The minimum Gasteiger partial charge on any atom is -0.497 e. The highest BCUT2D eigenvalue weighted by Crippen LogP contribution is 2.17. The lowest BCUT2D eigenvalue weighted by Crippen LogP contribution is -2.05. The molecule has 0 spiro atoms. The van der Waals surface area contributed by atoms with Crippen molar-refractivity contribution >= 4 is 5.78 Å². The fraction of sp³-hybridized carbons (Fsp3) is 0.286. The third-order valence-corrected chi connectivity index (χ3v) is 2.84. The number of aryl methyl sites for hydroxylation is 2. The van der Waals surface area contributed by atoms with Gasteiger partial charge in [-0.15, -0.1) is 0 Å². The minimum absolute atomic E-state index is 0.0245. The molecule has 4 heteroatoms. The Hall–Kier alpha value is -2.10. The summed E-state index contributed by atoms with van der Waals surface area (Å²) in [4.78, 5) is 12.1. The van der Waals surface area contributed by atoms with Crippen LogP contribution in [0.25, 0.3) is 0 Å². The van der Waals surface area contributed by atoms with Crippen LogP contribution in [0.4, 0.5) is 0 Å². The molecule has 0 saturated heterocycles. The molecule has 0 atom stereocenters. The number of ketones is 1. The highest BCUT2D eigenvalue weighted by Gasteiger charge is 2.17. The summed E-state index contributed by atoms with van der Waals surface area (Å²) < 4.78 is 10.1. The zero-order chi connectivity index (χ0) is 13.1. The van der Waals surface area contributed by atoms with Gasteiger partial charge in [-0.1, -0.05) is 17.3 Å². The number of rotatable bonds is 4. The van der Waals surface area contributed by atoms with Gasteiger partial charge in [0.2, 0.25) is 0 Å². The van der Waals surface area contributed by atoms with Gasteiger partial charge in [0.15, 0.2) is 5.78 Å². The lowest BCUT2D eigenvalue weighted by Gasteiger charge is -2.03. The van der Waals surface area contributed by atoms with E-state index < -0.39 is 0 Å². The van der Waals surface area contributed by atoms with Crippen molar-refractivity contribution in [2.24, 2.45) is 0 Å². The second-order valence-corrected chi connectivity index (χ2v) is 4.15. The lowest BCUT2D eigenvalue weighted by molar-refractivity contribution is 0.0991. The number of hydrogen-bond acceptors (Lipinski definition) is 4. The van der Waals surface area contributed by atoms with Crippen LogP contribution in [-0.4, -0.2) is 18.0 Å². The Labute approximate surface area is 106 Å². The van der Waals surface area contributed by atoms with Gasteiger partial charge < -0.3 is 9.26 Å². The molecule has 0 saturated carbocycles. The van der Waals surface area contributed by atoms with Crippen molar-refractivity contribution in [3.8, 4) is 5.75 Å². The first-order valence-corrected chi connectivity index (χ1v) is 5.71. The van der Waals surface area contributed by atoms with Crippen molar-refractivity contribution in [2.45, 2.75) is 20.3 Å². The highest BCUT2D eigenvalue weighted by atomic mass is 16.5. The maximum absolute atomic E-state index is 12.1. The summed E-state index contributed by atoms with van der Waals surface area (Å²) in [5.74, 6) is 1.38. The van der Waals surface area contributed by atoms with Gasteiger partial charge in [0.05, 0.1) is 18.4 Å². The molecule has 0 bridgehead atoms. The molecular weight excluding hydrogens is 230 g/mol. The predicted molar refractivity (Wildman–Crippen MR) is 67.0 cm³/mol. The van der Waals surface area contributed by atoms with Crippen LogP contribution in [0.3, 0.4) is 0 Å². The van der Waals surface area contributed by atoms with Crippen molar-refractivity contribution in [3.63, 3.8) is 0 Å². The molecule has 0 amide bonds. The summed E-state index contributed by atoms with van der Waals surface area (Å²) >= 11 is 0. The monoisotopic (exact) mass is 245 g/mol. The third kappa shape index (κ3) is 2.42. The quantitative estimate of drug-likeness (QED) is 0.777. The van der Waals surface area contributed by atoms with E-state index in [0.717, 1.165) is 11.3 Å². The third-order valence-electron chi connectivity index (χ3n) is 2.84. The summed E-state index contributed by atoms with van der Waals surface area (Å²) in [6, 6.07) is 7.45. The summed E-state index contributed by atoms with van der Waals surface area (Å²) in [6.45, 7) is 3.53. The number of carbonyl (C=O) groups is 1. The molecule has 2 aromatic rings. The molecule has 18 heavy (non-hydrogen) atoms. The second kappa shape index (κ2) is 5.04. The molecule has 1 aromatic heterocycles. The van der Waals surface area contributed by atoms with E-state index in [9.17, 15) is 4.79 Å². The number of methoxy groups -OCH3 is 1. The largest absolute Gasteiger partial charge is 0.497 e. The maximum atomic E-state index is 12.1. The zero-order valence-corrected chi connectivity index (χ0v) is 10.7. The van der Waals surface area contributed by atoms with Crippen molar-refractivity contribution in [1.29, 1.82) is 0 Å². The van der Waals surface area contributed by atoms with Crippen LogP contribution in [-0.2, 0) is 6.42 Å². The van der Waals surface area contributed by atoms with E-state index in [-0.39, 0.29) is 5.78 Å². The van der Waals surface area contributed by atoms with Crippen LogP contribution in [0.15, 0.2) is 28.8 Å². The van der Waals surface area contributed by atoms with Gasteiger partial charge in [-0.2, -0.15) is 0 Å². The van der Waals surface area contributed by atoms with Crippen LogP contribution in [0.2, 0.25) is 0 Å². The van der Waals surface area contributed by atoms with Gasteiger partial charge in [0.1, 0.15) is 11.5 Å². The van der Waals surface area contributed by atoms with Gasteiger partial charge in [-0.05, 0) is 31.5 Å². The Kier molecular flexibility index (Phi) is 3.46. The molecule has 94 valence electrons. The van der Waals surface area contributed by atoms with E-state index >= 15 is 0 Å². The molecule has 1 aromatic carbocycles. The van der Waals surface area contributed by atoms with Crippen LogP contribution >= 0.6 is 0 Å². The van der Waals surface area contributed by atoms with Gasteiger partial charge >= 0.3 is 0 Å². The standard InChI is InChI=1S/C14H15NO3/c1-9-14(10(2)18-15-9)13(16)8-11-4-6-12(17-3)7-5-11/h4-7H,8H2,1-3H3. The normalized spacial score (nSPS) is 10.4. The van der Waals surface area contributed by atoms with Crippen LogP contribution in [0.1, 0.15) is 27.4 Å². The molecule has 2 rings (SSSR count). The topological polar surface area (TPSA) is 52.3 Å². The molecule has 0 aliphatic heterocycles. The maximum Gasteiger partial charge on any atom is 0.172 e. The number of nitrogens with zero attached hydrogens (tertiary/aromatic N) is 1. The molecular formula is C14H15NO3. The molecule has 0 aliphatic carbocycles. The number of benzene rings is 1. The van der Waals surface area contributed by atoms with Crippen molar-refractivity contribution < 1.29 is 14.1 Å². The molecule has 1 heterocycles. The van der Waals surface area contributed by atoms with E-state index in [1.54, 1.807) is 21.0 Å². The van der Waals surface area contributed by atoms with Crippen molar-refractivity contribution in [2.75, 3.05) is 7.11 Å². The summed E-state index contributed by atoms with van der Waals surface area (Å²) in [7, 11) is 1.62. The van der Waals surface area contributed by atoms with Crippen molar-refractivity contribution in [3.05, 3.63) is 46.8 Å². The molecule has 0 aliphatic rings. The fourth-order valence-corrected chi connectivity index (χ4v) is 1.90. The van der Waals surface area contributed by atoms with Gasteiger partial charge in [-0.25, -0.2) is 0 Å². The van der Waals surface area contributed by atoms with Crippen LogP contribution in [0, 0.1) is 13.8 Å². The summed E-state index contributed by atoms with van der Waals surface area (Å²) in [5, 5.41) is 3.79. The first-order chi connectivity index (χ1) is 8.61. The van der Waals surface area contributed by atoms with E-state index in [1.807, 2.05) is 24.3 Å². The molecule has 0 N–H and O–H groups in total. The molecule has 0 unspecified atom stereocenters. The Morgan fingerprint density at radius 1 is 1.28 bits per heavy atom. The van der Waals surface area contributed by atoms with E-state index in [2.05, 4.69) is 5.16 Å². The number of aromatic nitrogens is 1. The smallest absolute Gasteiger partial charge is 0.172 e. The highest BCUT2D eigenvalue weighted by molar-refractivity contribution is 5.99. The Morgan fingerprint density at radius 3 is 2.44 bits per heavy atom. The minimum atomic E-state index is 0.0245. The lowest BCUT2D eigenvalue weighted by atomic mass is 10.0. The Morgan fingerprint density at radius 2 is 1.94 bits per heavy atom. The average Bonchev–Trinajstić information content (AvgIpc) is 2.70. The molecule has 0 fully saturated rings. The Balaban J connectivity index is 2.16. The second-order valence-electron chi connectivity index (χ2n) is 4.15. The first kappa shape index (κ1) is 12.4. The average molecular weight is 245 g/mol. The SMILES string of the molecule is COc1ccc(CC(=O)c2c(C)noc2C)cc1. The number of hydrogen-bond donors (Lipinski definition) is 0. The van der Waals surface area contributed by atoms with Crippen molar-refractivity contribution in [1.82, 2.24) is 5.16 Å². The Bertz CT molecular complexity index is 535. The van der Waals surface area contributed by atoms with E-state index in [1.165, 1.54) is 0 Å². The fourth-order valence-electron chi connectivity index (χ4n) is 1.90. The molecule has 4 nitrogen and oxygen atoms in total. The van der Waals surface area contributed by atoms with E-state index in [4.69, 9.17) is 9.26 Å². The number of carbonyl (C=O) groups excluding carboxylic acids is 1. The van der Waals surface area contributed by atoms with Gasteiger partial charge in [-0.3, -0.25) is 4.79 Å². The number of ether oxygens (including phenoxy) is 1. The van der Waals surface area contributed by atoms with Crippen LogP contribution < -0.4 is 4.74 Å². The first-order valence-electron chi connectivity index (χ1n) is 5.71. The van der Waals surface area contributed by atoms with E-state index in [0.29, 0.717) is 23.4 Å². The predicted octanol–water partition coefficient (Wildman–Crippen LogP) is 2.73. The summed E-state index contributed by atoms with van der Waals surface area (Å²) in [5.41, 5.74) is 2.18. The van der Waals surface area contributed by atoms with Crippen LogP contribution in [0.5, 0.6) is 5.75 Å². The van der Waals surface area contributed by atoms with Gasteiger partial charge in [0.25, 0.3) is 0 Å². The summed E-state index contributed by atoms with van der Waals surface area (Å²) in [6.07, 6.45) is 0.340.